The van der Waals surface area contributed by atoms with Gasteiger partial charge in [-0.2, -0.15) is 0 Å². The number of hydrogen-bond donors (Lipinski definition) is 3. The Bertz CT molecular complexity index is 790. The minimum absolute atomic E-state index is 0.0525. The van der Waals surface area contributed by atoms with Crippen molar-refractivity contribution in [2.24, 2.45) is 34.5 Å². The summed E-state index contributed by atoms with van der Waals surface area (Å²) in [5, 5.41) is 32.0. The summed E-state index contributed by atoms with van der Waals surface area (Å²) in [7, 11) is 0. The van der Waals surface area contributed by atoms with E-state index in [-0.39, 0.29) is 41.3 Å². The van der Waals surface area contributed by atoms with Crippen LogP contribution in [0.1, 0.15) is 40.0 Å². The lowest BCUT2D eigenvalue weighted by molar-refractivity contribution is -0.183. The number of halogens is 1. The zero-order chi connectivity index (χ0) is 20.6. The third-order valence-corrected chi connectivity index (χ3v) is 9.08. The molecule has 3 fully saturated rings. The summed E-state index contributed by atoms with van der Waals surface area (Å²) < 4.78 is 0. The van der Waals surface area contributed by atoms with Crippen molar-refractivity contribution in [1.82, 2.24) is 0 Å². The number of aliphatic hydroxyl groups excluding tert-OH is 2. The summed E-state index contributed by atoms with van der Waals surface area (Å²) in [6.45, 7) is 5.05. The molecule has 0 spiro atoms. The average Bonchev–Trinajstić information content (AvgIpc) is 2.83. The third kappa shape index (κ3) is 2.31. The maximum Gasteiger partial charge on any atom is 0.190 e. The molecular formula is C22H29ClO5. The van der Waals surface area contributed by atoms with Crippen molar-refractivity contribution >= 4 is 23.2 Å². The van der Waals surface area contributed by atoms with Gasteiger partial charge in [-0.15, -0.1) is 11.6 Å². The van der Waals surface area contributed by atoms with Gasteiger partial charge in [0, 0.05) is 22.1 Å². The van der Waals surface area contributed by atoms with Crippen molar-refractivity contribution in [2.75, 3.05) is 6.61 Å². The smallest absolute Gasteiger partial charge is 0.190 e. The van der Waals surface area contributed by atoms with E-state index in [1.165, 1.54) is 0 Å². The highest BCUT2D eigenvalue weighted by atomic mass is 35.5. The Hall–Kier alpha value is -1.01. The van der Waals surface area contributed by atoms with Gasteiger partial charge in [-0.3, -0.25) is 9.59 Å². The Labute approximate surface area is 170 Å². The molecule has 4 aliphatic carbocycles. The fraction of sp³-hybridized carbons (Fsp3) is 0.727. The Morgan fingerprint density at radius 1 is 1.36 bits per heavy atom. The fourth-order valence-corrected chi connectivity index (χ4v) is 7.79. The van der Waals surface area contributed by atoms with Crippen LogP contribution in [0.25, 0.3) is 0 Å². The SMILES string of the molecule is CC1C[C@H]2[C@@H]3C(Cl)CC4=CC(=O)C=C[C@]4(C)[C@H]3C(O)C[C@]2(C)[C@@]1(O)C(=O)CO. The van der Waals surface area contributed by atoms with Crippen LogP contribution in [-0.4, -0.2) is 50.6 Å². The molecule has 0 aromatic heterocycles. The lowest BCUT2D eigenvalue weighted by atomic mass is 9.46. The van der Waals surface area contributed by atoms with Crippen molar-refractivity contribution < 1.29 is 24.9 Å². The molecule has 0 radical (unpaired) electrons. The average molecular weight is 409 g/mol. The van der Waals surface area contributed by atoms with Crippen LogP contribution in [0.15, 0.2) is 23.8 Å². The lowest BCUT2D eigenvalue weighted by Crippen LogP contribution is -2.64. The molecule has 6 heteroatoms. The summed E-state index contributed by atoms with van der Waals surface area (Å²) in [5.74, 6) is -1.29. The zero-order valence-electron chi connectivity index (χ0n) is 16.6. The number of rotatable bonds is 2. The van der Waals surface area contributed by atoms with Crippen LogP contribution in [0.4, 0.5) is 0 Å². The van der Waals surface area contributed by atoms with Gasteiger partial charge in [0.2, 0.25) is 0 Å². The minimum atomic E-state index is -1.68. The highest BCUT2D eigenvalue weighted by Crippen LogP contribution is 2.68. The van der Waals surface area contributed by atoms with E-state index < -0.39 is 34.9 Å². The molecule has 0 heterocycles. The molecule has 5 nitrogen and oxygen atoms in total. The molecule has 28 heavy (non-hydrogen) atoms. The molecule has 154 valence electrons. The molecule has 0 aliphatic heterocycles. The number of hydrogen-bond acceptors (Lipinski definition) is 5. The predicted octanol–water partition coefficient (Wildman–Crippen LogP) is 2.02. The topological polar surface area (TPSA) is 94.8 Å². The molecule has 9 atom stereocenters. The monoisotopic (exact) mass is 408 g/mol. The standard InChI is InChI=1S/C22H29ClO5/c1-11-6-14-18-15(23)8-12-7-13(25)4-5-20(12,2)19(18)16(26)9-21(14,3)22(11,28)17(27)10-24/h4-5,7,11,14-16,18-19,24,26,28H,6,8-10H2,1-3H3/t11?,14-,15?,16?,18+,19-,20-,21-,22-/m0/s1. The summed E-state index contributed by atoms with van der Waals surface area (Å²) in [4.78, 5) is 24.5. The Kier molecular flexibility index (Phi) is 4.52. The number of alkyl halides is 1. The van der Waals surface area contributed by atoms with Gasteiger partial charge in [0.05, 0.1) is 6.10 Å². The summed E-state index contributed by atoms with van der Waals surface area (Å²) in [5.41, 5.74) is -2.04. The quantitative estimate of drug-likeness (QED) is 0.607. The first-order chi connectivity index (χ1) is 13.0. The first-order valence-electron chi connectivity index (χ1n) is 10.1. The zero-order valence-corrected chi connectivity index (χ0v) is 17.3. The summed E-state index contributed by atoms with van der Waals surface area (Å²) >= 11 is 6.86. The Morgan fingerprint density at radius 2 is 2.04 bits per heavy atom. The van der Waals surface area contributed by atoms with Gasteiger partial charge in [-0.05, 0) is 49.2 Å². The second-order valence-electron chi connectivity index (χ2n) is 9.79. The van der Waals surface area contributed by atoms with Gasteiger partial charge in [-0.25, -0.2) is 0 Å². The number of fused-ring (bicyclic) bond motifs is 5. The maximum absolute atomic E-state index is 12.6. The van der Waals surface area contributed by atoms with E-state index in [1.807, 2.05) is 19.9 Å². The van der Waals surface area contributed by atoms with Crippen LogP contribution >= 0.6 is 11.6 Å². The number of Topliss-reactive ketones (excluding diaryl/α,β-unsaturated/α-hetero) is 1. The van der Waals surface area contributed by atoms with E-state index in [2.05, 4.69) is 6.92 Å². The van der Waals surface area contributed by atoms with Gasteiger partial charge in [-0.1, -0.05) is 32.4 Å². The minimum Gasteiger partial charge on any atom is -0.393 e. The number of aliphatic hydroxyl groups is 3. The van der Waals surface area contributed by atoms with Crippen LogP contribution in [0, 0.1) is 34.5 Å². The van der Waals surface area contributed by atoms with Gasteiger partial charge >= 0.3 is 0 Å². The molecule has 3 N–H and O–H groups in total. The second-order valence-corrected chi connectivity index (χ2v) is 10.4. The predicted molar refractivity (Wildman–Crippen MR) is 105 cm³/mol. The van der Waals surface area contributed by atoms with Gasteiger partial charge < -0.3 is 15.3 Å². The summed E-state index contributed by atoms with van der Waals surface area (Å²) in [6, 6.07) is 0. The molecule has 3 unspecified atom stereocenters. The maximum atomic E-state index is 12.6. The van der Waals surface area contributed by atoms with Crippen LogP contribution in [-0.2, 0) is 9.59 Å². The van der Waals surface area contributed by atoms with Crippen LogP contribution in [0.3, 0.4) is 0 Å². The number of carbonyl (C=O) groups excluding carboxylic acids is 2. The largest absolute Gasteiger partial charge is 0.393 e. The van der Waals surface area contributed by atoms with Crippen molar-refractivity contribution in [1.29, 1.82) is 0 Å². The van der Waals surface area contributed by atoms with Crippen LogP contribution < -0.4 is 0 Å². The molecular weight excluding hydrogens is 380 g/mol. The van der Waals surface area contributed by atoms with E-state index in [0.717, 1.165) is 5.57 Å². The lowest BCUT2D eigenvalue weighted by Gasteiger charge is -2.60. The molecule has 3 saturated carbocycles. The van der Waals surface area contributed by atoms with Crippen molar-refractivity contribution in [3.8, 4) is 0 Å². The van der Waals surface area contributed by atoms with E-state index in [9.17, 15) is 24.9 Å². The van der Waals surface area contributed by atoms with E-state index in [1.54, 1.807) is 12.2 Å². The second kappa shape index (κ2) is 6.24. The molecule has 0 bridgehead atoms. The highest BCUT2D eigenvalue weighted by molar-refractivity contribution is 6.21. The molecule has 0 saturated heterocycles. The van der Waals surface area contributed by atoms with Crippen molar-refractivity contribution in [3.63, 3.8) is 0 Å². The third-order valence-electron chi connectivity index (χ3n) is 8.63. The first-order valence-corrected chi connectivity index (χ1v) is 10.6. The van der Waals surface area contributed by atoms with Gasteiger partial charge in [0.1, 0.15) is 12.2 Å². The molecule has 0 aromatic rings. The molecule has 0 aromatic carbocycles. The van der Waals surface area contributed by atoms with Gasteiger partial charge in [0.15, 0.2) is 11.6 Å². The number of allylic oxidation sites excluding steroid dienone is 4. The van der Waals surface area contributed by atoms with E-state index in [4.69, 9.17) is 11.6 Å². The number of carbonyl (C=O) groups is 2. The Balaban J connectivity index is 1.82. The van der Waals surface area contributed by atoms with E-state index >= 15 is 0 Å². The fourth-order valence-electron chi connectivity index (χ4n) is 7.29. The normalized spacial score (nSPS) is 52.5. The van der Waals surface area contributed by atoms with Crippen LogP contribution in [0.5, 0.6) is 0 Å². The highest BCUT2D eigenvalue weighted by Gasteiger charge is 2.71. The first kappa shape index (κ1) is 20.3. The molecule has 4 aliphatic rings. The Morgan fingerprint density at radius 3 is 2.68 bits per heavy atom. The van der Waals surface area contributed by atoms with Crippen molar-refractivity contribution in [3.05, 3.63) is 23.8 Å². The molecule has 0 amide bonds. The van der Waals surface area contributed by atoms with E-state index in [0.29, 0.717) is 12.8 Å². The summed E-state index contributed by atoms with van der Waals surface area (Å²) in [6.07, 6.45) is 5.78. The molecule has 4 rings (SSSR count). The van der Waals surface area contributed by atoms with Crippen molar-refractivity contribution in [2.45, 2.75) is 57.1 Å². The van der Waals surface area contributed by atoms with Gasteiger partial charge in [0.25, 0.3) is 0 Å². The number of ketones is 2. The van der Waals surface area contributed by atoms with Crippen LogP contribution in [0.2, 0.25) is 0 Å².